The summed E-state index contributed by atoms with van der Waals surface area (Å²) in [7, 11) is 0. The standard InChI is InChI=1S/C6H7NO/c1-4-2-5-6(4)7(5)3-8/h3-4H,2H2,1H3. The molecule has 0 aromatic heterocycles. The third kappa shape index (κ3) is 0.250. The Morgan fingerprint density at radius 1 is 1.88 bits per heavy atom. The van der Waals surface area contributed by atoms with E-state index in [-0.39, 0.29) is 0 Å². The minimum absolute atomic E-state index is 0.662. The lowest BCUT2D eigenvalue weighted by atomic mass is 9.98. The topological polar surface area (TPSA) is 20.1 Å². The van der Waals surface area contributed by atoms with Crippen LogP contribution in [-0.2, 0) is 4.79 Å². The number of likely N-dealkylation sites (tertiary alicyclic amines) is 1. The molecule has 2 aliphatic rings. The van der Waals surface area contributed by atoms with E-state index in [2.05, 4.69) is 6.92 Å². The molecule has 42 valence electrons. The molecule has 1 atom stereocenters. The number of carbonyl (C=O) groups excluding carboxylic acids is 1. The Labute approximate surface area is 47.8 Å². The van der Waals surface area contributed by atoms with Crippen LogP contribution in [0.25, 0.3) is 0 Å². The second-order valence-corrected chi connectivity index (χ2v) is 2.41. The molecule has 2 rings (SSSR count). The van der Waals surface area contributed by atoms with Gasteiger partial charge in [-0.3, -0.25) is 9.69 Å². The summed E-state index contributed by atoms with van der Waals surface area (Å²) >= 11 is 0. The Bertz CT molecular complexity index is 183. The minimum atomic E-state index is 0.662. The lowest BCUT2D eigenvalue weighted by Gasteiger charge is -2.02. The molecule has 2 nitrogen and oxygen atoms in total. The third-order valence-electron chi connectivity index (χ3n) is 1.87. The zero-order valence-electron chi connectivity index (χ0n) is 4.72. The zero-order valence-corrected chi connectivity index (χ0v) is 4.72. The highest BCUT2D eigenvalue weighted by Crippen LogP contribution is 2.51. The van der Waals surface area contributed by atoms with Gasteiger partial charge in [-0.15, -0.1) is 0 Å². The molecule has 0 spiro atoms. The van der Waals surface area contributed by atoms with Gasteiger partial charge in [0.2, 0.25) is 6.41 Å². The van der Waals surface area contributed by atoms with Crippen molar-refractivity contribution in [2.75, 3.05) is 0 Å². The monoisotopic (exact) mass is 109 g/mol. The van der Waals surface area contributed by atoms with Crippen molar-refractivity contribution in [1.82, 2.24) is 4.90 Å². The molecule has 0 saturated heterocycles. The quantitative estimate of drug-likeness (QED) is 0.454. The predicted octanol–water partition coefficient (Wildman–Crippen LogP) is 0.710. The Balaban J connectivity index is 2.13. The molecule has 1 aliphatic heterocycles. The lowest BCUT2D eigenvalue weighted by molar-refractivity contribution is -0.113. The van der Waals surface area contributed by atoms with Gasteiger partial charge in [0.15, 0.2) is 0 Å². The first-order valence-electron chi connectivity index (χ1n) is 2.82. The first kappa shape index (κ1) is 4.13. The zero-order chi connectivity index (χ0) is 5.72. The summed E-state index contributed by atoms with van der Waals surface area (Å²) in [6.45, 7) is 2.14. The van der Waals surface area contributed by atoms with Gasteiger partial charge in [0, 0.05) is 17.3 Å². The molecular formula is C6H7NO. The van der Waals surface area contributed by atoms with E-state index in [1.165, 1.54) is 11.4 Å². The van der Waals surface area contributed by atoms with Crippen LogP contribution in [0.3, 0.4) is 0 Å². The number of allylic oxidation sites excluding steroid dienone is 2. The first-order chi connectivity index (χ1) is 3.84. The van der Waals surface area contributed by atoms with Crippen molar-refractivity contribution in [3.05, 3.63) is 11.4 Å². The van der Waals surface area contributed by atoms with Gasteiger partial charge >= 0.3 is 0 Å². The predicted molar refractivity (Wildman–Crippen MR) is 28.7 cm³/mol. The Morgan fingerprint density at radius 2 is 2.62 bits per heavy atom. The summed E-state index contributed by atoms with van der Waals surface area (Å²) in [6, 6.07) is 0. The number of rotatable bonds is 1. The van der Waals surface area contributed by atoms with E-state index in [0.717, 1.165) is 12.8 Å². The fourth-order valence-electron chi connectivity index (χ4n) is 1.33. The van der Waals surface area contributed by atoms with Crippen molar-refractivity contribution in [2.24, 2.45) is 5.92 Å². The third-order valence-corrected chi connectivity index (χ3v) is 1.87. The van der Waals surface area contributed by atoms with Gasteiger partial charge in [0.05, 0.1) is 0 Å². The van der Waals surface area contributed by atoms with Crippen molar-refractivity contribution in [2.45, 2.75) is 13.3 Å². The smallest absolute Gasteiger partial charge is 0.218 e. The molecular weight excluding hydrogens is 102 g/mol. The highest BCUT2D eigenvalue weighted by molar-refractivity contribution is 5.67. The molecule has 0 N–H and O–H groups in total. The summed E-state index contributed by atoms with van der Waals surface area (Å²) in [4.78, 5) is 11.8. The van der Waals surface area contributed by atoms with Gasteiger partial charge in [-0.25, -0.2) is 0 Å². The van der Waals surface area contributed by atoms with Gasteiger partial charge in [-0.05, 0) is 6.42 Å². The summed E-state index contributed by atoms with van der Waals surface area (Å²) in [5.74, 6) is 0.662. The van der Waals surface area contributed by atoms with Gasteiger partial charge in [-0.1, -0.05) is 6.92 Å². The Hall–Kier alpha value is -0.790. The molecule has 0 fully saturated rings. The fourth-order valence-corrected chi connectivity index (χ4v) is 1.33. The Kier molecular flexibility index (Phi) is 0.498. The van der Waals surface area contributed by atoms with Crippen molar-refractivity contribution < 1.29 is 4.79 Å². The SMILES string of the molecule is CC1CC2=C1N2C=O. The van der Waals surface area contributed by atoms with E-state index in [1.54, 1.807) is 4.90 Å². The van der Waals surface area contributed by atoms with Crippen molar-refractivity contribution in [1.29, 1.82) is 0 Å². The molecule has 1 amide bonds. The second kappa shape index (κ2) is 0.966. The van der Waals surface area contributed by atoms with Gasteiger partial charge < -0.3 is 0 Å². The maximum Gasteiger partial charge on any atom is 0.218 e. The van der Waals surface area contributed by atoms with E-state index in [9.17, 15) is 4.79 Å². The maximum atomic E-state index is 10.1. The summed E-state index contributed by atoms with van der Waals surface area (Å²) < 4.78 is 0. The van der Waals surface area contributed by atoms with Crippen LogP contribution in [0.1, 0.15) is 13.3 Å². The normalized spacial score (nSPS) is 31.6. The van der Waals surface area contributed by atoms with E-state index >= 15 is 0 Å². The van der Waals surface area contributed by atoms with E-state index in [0.29, 0.717) is 5.92 Å². The molecule has 0 aromatic carbocycles. The molecule has 0 bridgehead atoms. The molecule has 0 saturated carbocycles. The van der Waals surface area contributed by atoms with Crippen molar-refractivity contribution in [3.8, 4) is 0 Å². The van der Waals surface area contributed by atoms with Crippen molar-refractivity contribution >= 4 is 6.41 Å². The highest BCUT2D eigenvalue weighted by Gasteiger charge is 2.45. The largest absolute Gasteiger partial charge is 0.287 e. The van der Waals surface area contributed by atoms with Gasteiger partial charge in [0.1, 0.15) is 0 Å². The van der Waals surface area contributed by atoms with Crippen LogP contribution in [0, 0.1) is 5.92 Å². The molecule has 0 aromatic rings. The summed E-state index contributed by atoms with van der Waals surface area (Å²) in [6.07, 6.45) is 2.02. The molecule has 8 heavy (non-hydrogen) atoms. The summed E-state index contributed by atoms with van der Waals surface area (Å²) in [5.41, 5.74) is 2.55. The van der Waals surface area contributed by atoms with Crippen LogP contribution >= 0.6 is 0 Å². The van der Waals surface area contributed by atoms with Crippen LogP contribution in [0.5, 0.6) is 0 Å². The van der Waals surface area contributed by atoms with Crippen LogP contribution in [0.15, 0.2) is 11.4 Å². The maximum absolute atomic E-state index is 10.1. The van der Waals surface area contributed by atoms with Gasteiger partial charge in [0.25, 0.3) is 0 Å². The first-order valence-corrected chi connectivity index (χ1v) is 2.82. The number of hydrogen-bond donors (Lipinski definition) is 0. The average molecular weight is 109 g/mol. The van der Waals surface area contributed by atoms with Crippen molar-refractivity contribution in [3.63, 3.8) is 0 Å². The molecule has 1 heterocycles. The molecule has 1 aliphatic carbocycles. The molecule has 0 radical (unpaired) electrons. The van der Waals surface area contributed by atoms with Crippen LogP contribution in [-0.4, -0.2) is 11.3 Å². The van der Waals surface area contributed by atoms with Crippen LogP contribution in [0.4, 0.5) is 0 Å². The van der Waals surface area contributed by atoms with Crippen LogP contribution < -0.4 is 0 Å². The average Bonchev–Trinajstić information content (AvgIpc) is 2.34. The number of amides is 1. The Morgan fingerprint density at radius 3 is 2.75 bits per heavy atom. The highest BCUT2D eigenvalue weighted by atomic mass is 16.1. The van der Waals surface area contributed by atoms with E-state index in [1.807, 2.05) is 0 Å². The number of hydrogen-bond acceptors (Lipinski definition) is 1. The second-order valence-electron chi connectivity index (χ2n) is 2.41. The summed E-state index contributed by atoms with van der Waals surface area (Å²) in [5, 5.41) is 0. The molecule has 2 heteroatoms. The van der Waals surface area contributed by atoms with E-state index < -0.39 is 0 Å². The molecule has 1 unspecified atom stereocenters. The van der Waals surface area contributed by atoms with Gasteiger partial charge in [-0.2, -0.15) is 0 Å². The number of carbonyl (C=O) groups is 1. The number of nitrogens with zero attached hydrogens (tertiary/aromatic N) is 1. The fraction of sp³-hybridized carbons (Fsp3) is 0.500. The van der Waals surface area contributed by atoms with E-state index in [4.69, 9.17) is 0 Å². The minimum Gasteiger partial charge on any atom is -0.287 e. The lowest BCUT2D eigenvalue weighted by Crippen LogP contribution is -1.95. The van der Waals surface area contributed by atoms with Crippen LogP contribution in [0.2, 0.25) is 0 Å².